The van der Waals surface area contributed by atoms with Crippen LogP contribution in [0.25, 0.3) is 0 Å². The summed E-state index contributed by atoms with van der Waals surface area (Å²) in [6.07, 6.45) is -0.0560. The van der Waals surface area contributed by atoms with Crippen molar-refractivity contribution in [2.75, 3.05) is 26.0 Å². The highest BCUT2D eigenvalue weighted by Crippen LogP contribution is 2.19. The highest BCUT2D eigenvalue weighted by Gasteiger charge is 2.08. The molecule has 1 amide bonds. The second kappa shape index (κ2) is 13.7. The first-order chi connectivity index (χ1) is 14.4. The van der Waals surface area contributed by atoms with E-state index in [1.165, 1.54) is 0 Å². The highest BCUT2D eigenvalue weighted by molar-refractivity contribution is 14.0. The van der Waals surface area contributed by atoms with Crippen molar-refractivity contribution in [3.63, 3.8) is 0 Å². The molecule has 2 aromatic rings. The molecule has 0 aliphatic rings. The smallest absolute Gasteiger partial charge is 0.226 e. The van der Waals surface area contributed by atoms with E-state index in [9.17, 15) is 4.79 Å². The molecule has 0 bridgehead atoms. The van der Waals surface area contributed by atoms with Crippen LogP contribution < -0.4 is 25.4 Å². The van der Waals surface area contributed by atoms with E-state index < -0.39 is 0 Å². The van der Waals surface area contributed by atoms with Crippen molar-refractivity contribution < 1.29 is 14.3 Å². The molecule has 7 nitrogen and oxygen atoms in total. The first-order valence-corrected chi connectivity index (χ1v) is 10.1. The number of halogens is 1. The summed E-state index contributed by atoms with van der Waals surface area (Å²) in [4.78, 5) is 16.0. The van der Waals surface area contributed by atoms with Crippen molar-refractivity contribution in [1.29, 1.82) is 0 Å². The molecule has 0 aromatic heterocycles. The molecule has 0 fully saturated rings. The van der Waals surface area contributed by atoms with Gasteiger partial charge in [0.15, 0.2) is 5.96 Å². The number of amides is 1. The lowest BCUT2D eigenvalue weighted by Crippen LogP contribution is -2.41. The van der Waals surface area contributed by atoms with Crippen LogP contribution in [0.4, 0.5) is 5.69 Å². The van der Waals surface area contributed by atoms with Gasteiger partial charge in [-0.25, -0.2) is 0 Å². The second-order valence-corrected chi connectivity index (χ2v) is 7.25. The Morgan fingerprint density at radius 3 is 2.32 bits per heavy atom. The minimum Gasteiger partial charge on any atom is -0.497 e. The van der Waals surface area contributed by atoms with Crippen LogP contribution in [0.15, 0.2) is 53.5 Å². The number of hydrogen-bond acceptors (Lipinski definition) is 4. The average molecular weight is 540 g/mol. The Balaban J connectivity index is 0.00000480. The van der Waals surface area contributed by atoms with Gasteiger partial charge in [0, 0.05) is 31.3 Å². The Labute approximate surface area is 202 Å². The number of carbonyl (C=O) groups is 1. The van der Waals surface area contributed by atoms with E-state index in [4.69, 9.17) is 9.47 Å². The molecule has 3 N–H and O–H groups in total. The van der Waals surface area contributed by atoms with Crippen LogP contribution in [-0.2, 0) is 11.3 Å². The minimum atomic E-state index is -0.0560. The van der Waals surface area contributed by atoms with Gasteiger partial charge in [-0.3, -0.25) is 9.79 Å². The molecule has 0 aliphatic carbocycles. The summed E-state index contributed by atoms with van der Waals surface area (Å²) in [5.41, 5.74) is 1.88. The van der Waals surface area contributed by atoms with E-state index >= 15 is 0 Å². The van der Waals surface area contributed by atoms with Gasteiger partial charge in [0.25, 0.3) is 0 Å². The fraction of sp³-hybridized carbons (Fsp3) is 0.391. The number of carbonyl (C=O) groups excluding carboxylic acids is 1. The van der Waals surface area contributed by atoms with Crippen LogP contribution in [-0.4, -0.2) is 38.7 Å². The lowest BCUT2D eigenvalue weighted by Gasteiger charge is -2.18. The van der Waals surface area contributed by atoms with E-state index in [0.717, 1.165) is 22.7 Å². The SMILES string of the molecule is CN=C(NCc1ccc(NC(=O)C(C)C)cc1)NCC(C)Oc1cccc(OC)c1.I. The average Bonchev–Trinajstić information content (AvgIpc) is 2.75. The third-order valence-corrected chi connectivity index (χ3v) is 4.36. The maximum absolute atomic E-state index is 11.8. The summed E-state index contributed by atoms with van der Waals surface area (Å²) >= 11 is 0. The molecule has 2 aromatic carbocycles. The zero-order valence-electron chi connectivity index (χ0n) is 18.8. The van der Waals surface area contributed by atoms with Crippen molar-refractivity contribution in [3.05, 3.63) is 54.1 Å². The van der Waals surface area contributed by atoms with Gasteiger partial charge in [-0.1, -0.05) is 32.0 Å². The quantitative estimate of drug-likeness (QED) is 0.254. The summed E-state index contributed by atoms with van der Waals surface area (Å²) in [7, 11) is 3.36. The molecule has 2 rings (SSSR count). The van der Waals surface area contributed by atoms with Gasteiger partial charge in [0.1, 0.15) is 17.6 Å². The Kier molecular flexibility index (Phi) is 11.8. The number of rotatable bonds is 9. The van der Waals surface area contributed by atoms with Crippen molar-refractivity contribution in [1.82, 2.24) is 10.6 Å². The minimum absolute atomic E-state index is 0. The molecule has 0 heterocycles. The molecule has 0 saturated carbocycles. The normalized spacial score (nSPS) is 11.9. The number of guanidine groups is 1. The van der Waals surface area contributed by atoms with E-state index in [1.807, 2.05) is 69.3 Å². The number of methoxy groups -OCH3 is 1. The third-order valence-electron chi connectivity index (χ3n) is 4.36. The predicted octanol–water partition coefficient (Wildman–Crippen LogP) is 4.04. The van der Waals surface area contributed by atoms with Crippen molar-refractivity contribution in [3.8, 4) is 11.5 Å². The number of benzene rings is 2. The number of anilines is 1. The Morgan fingerprint density at radius 1 is 1.03 bits per heavy atom. The van der Waals surface area contributed by atoms with Gasteiger partial charge < -0.3 is 25.4 Å². The van der Waals surface area contributed by atoms with Gasteiger partial charge >= 0.3 is 0 Å². The largest absolute Gasteiger partial charge is 0.497 e. The molecule has 1 unspecified atom stereocenters. The third kappa shape index (κ3) is 9.46. The second-order valence-electron chi connectivity index (χ2n) is 7.25. The van der Waals surface area contributed by atoms with Crippen molar-refractivity contribution >= 4 is 41.5 Å². The lowest BCUT2D eigenvalue weighted by molar-refractivity contribution is -0.118. The summed E-state index contributed by atoms with van der Waals surface area (Å²) in [5, 5.41) is 9.43. The number of hydrogen-bond donors (Lipinski definition) is 3. The summed E-state index contributed by atoms with van der Waals surface area (Å²) in [6.45, 7) is 6.94. The Hall–Kier alpha value is -2.49. The maximum Gasteiger partial charge on any atom is 0.226 e. The first kappa shape index (κ1) is 26.5. The maximum atomic E-state index is 11.8. The molecule has 0 aliphatic heterocycles. The topological polar surface area (TPSA) is 84.0 Å². The van der Waals surface area contributed by atoms with E-state index in [0.29, 0.717) is 19.0 Å². The Morgan fingerprint density at radius 2 is 1.71 bits per heavy atom. The zero-order chi connectivity index (χ0) is 21.9. The van der Waals surface area contributed by atoms with Crippen LogP contribution in [0, 0.1) is 5.92 Å². The van der Waals surface area contributed by atoms with Crippen LogP contribution >= 0.6 is 24.0 Å². The lowest BCUT2D eigenvalue weighted by atomic mass is 10.1. The van der Waals surface area contributed by atoms with Gasteiger partial charge in [-0.05, 0) is 36.8 Å². The van der Waals surface area contributed by atoms with Crippen molar-refractivity contribution in [2.45, 2.75) is 33.4 Å². The number of nitrogens with zero attached hydrogens (tertiary/aromatic N) is 1. The first-order valence-electron chi connectivity index (χ1n) is 10.1. The molecular formula is C23H33IN4O3. The number of ether oxygens (including phenoxy) is 2. The van der Waals surface area contributed by atoms with Crippen LogP contribution in [0.3, 0.4) is 0 Å². The molecule has 31 heavy (non-hydrogen) atoms. The van der Waals surface area contributed by atoms with E-state index in [-0.39, 0.29) is 41.9 Å². The molecular weight excluding hydrogens is 507 g/mol. The molecule has 0 spiro atoms. The molecule has 8 heteroatoms. The summed E-state index contributed by atoms with van der Waals surface area (Å²) < 4.78 is 11.1. The fourth-order valence-electron chi connectivity index (χ4n) is 2.59. The van der Waals surface area contributed by atoms with Crippen LogP contribution in [0.5, 0.6) is 11.5 Å². The fourth-order valence-corrected chi connectivity index (χ4v) is 2.59. The number of aliphatic imine (C=N–C) groups is 1. The Bertz CT molecular complexity index is 841. The van der Waals surface area contributed by atoms with Gasteiger partial charge in [0.05, 0.1) is 13.7 Å². The molecule has 0 radical (unpaired) electrons. The predicted molar refractivity (Wildman–Crippen MR) is 137 cm³/mol. The molecule has 0 saturated heterocycles. The van der Waals surface area contributed by atoms with Gasteiger partial charge in [-0.15, -0.1) is 24.0 Å². The monoisotopic (exact) mass is 540 g/mol. The van der Waals surface area contributed by atoms with Gasteiger partial charge in [-0.2, -0.15) is 0 Å². The summed E-state index contributed by atoms with van der Waals surface area (Å²) in [6, 6.07) is 15.3. The van der Waals surface area contributed by atoms with Crippen LogP contribution in [0.2, 0.25) is 0 Å². The van der Waals surface area contributed by atoms with Crippen molar-refractivity contribution in [2.24, 2.45) is 10.9 Å². The van der Waals surface area contributed by atoms with Gasteiger partial charge in [0.2, 0.25) is 5.91 Å². The highest BCUT2D eigenvalue weighted by atomic mass is 127. The standard InChI is InChI=1S/C23H32N4O3.HI/c1-16(2)22(28)27-19-11-9-18(10-12-19)15-26-23(24-4)25-14-17(3)30-21-8-6-7-20(13-21)29-5;/h6-13,16-17H,14-15H2,1-5H3,(H,27,28)(H2,24,25,26);1H. The van der Waals surface area contributed by atoms with E-state index in [1.54, 1.807) is 14.2 Å². The van der Waals surface area contributed by atoms with Crippen LogP contribution in [0.1, 0.15) is 26.3 Å². The van der Waals surface area contributed by atoms with E-state index in [2.05, 4.69) is 20.9 Å². The molecule has 170 valence electrons. The zero-order valence-corrected chi connectivity index (χ0v) is 21.1. The summed E-state index contributed by atoms with van der Waals surface area (Å²) in [5.74, 6) is 2.18. The molecule has 1 atom stereocenters. The number of nitrogens with one attached hydrogen (secondary N) is 3.